The summed E-state index contributed by atoms with van der Waals surface area (Å²) in [5.74, 6) is 0.00486. The summed E-state index contributed by atoms with van der Waals surface area (Å²) in [7, 11) is 0. The van der Waals surface area contributed by atoms with Crippen LogP contribution in [0.2, 0.25) is 0 Å². The van der Waals surface area contributed by atoms with Crippen molar-refractivity contribution in [3.05, 3.63) is 23.5 Å². The van der Waals surface area contributed by atoms with E-state index in [-0.39, 0.29) is 36.0 Å². The van der Waals surface area contributed by atoms with Crippen LogP contribution in [0, 0.1) is 11.3 Å². The number of halogens is 3. The number of amides is 1. The number of anilines is 1. The van der Waals surface area contributed by atoms with Gasteiger partial charge in [0.05, 0.1) is 6.61 Å². The molecule has 1 aliphatic carbocycles. The Morgan fingerprint density at radius 1 is 1.13 bits per heavy atom. The molecule has 0 bridgehead atoms. The molecule has 1 aromatic heterocycles. The number of alkyl halides is 3. The van der Waals surface area contributed by atoms with Gasteiger partial charge in [0.2, 0.25) is 5.91 Å². The zero-order valence-corrected chi connectivity index (χ0v) is 28.7. The summed E-state index contributed by atoms with van der Waals surface area (Å²) in [4.78, 5) is 29.5. The predicted octanol–water partition coefficient (Wildman–Crippen LogP) is 5.88. The Balaban J connectivity index is 1.43. The number of rotatable bonds is 15. The smallest absolute Gasteiger partial charge is 0.388 e. The van der Waals surface area contributed by atoms with E-state index in [0.717, 1.165) is 50.5 Å². The van der Waals surface area contributed by atoms with E-state index in [2.05, 4.69) is 44.3 Å². The molecular formula is C34H55F3N8O2. The van der Waals surface area contributed by atoms with E-state index < -0.39 is 17.2 Å². The molecule has 13 heteroatoms. The van der Waals surface area contributed by atoms with E-state index in [1.54, 1.807) is 4.90 Å². The zero-order valence-electron chi connectivity index (χ0n) is 28.7. The molecule has 4 N–H and O–H groups in total. The van der Waals surface area contributed by atoms with Crippen molar-refractivity contribution in [2.24, 2.45) is 22.1 Å². The number of nitrogens with one attached hydrogen (secondary N) is 2. The van der Waals surface area contributed by atoms with Gasteiger partial charge in [-0.05, 0) is 56.3 Å². The van der Waals surface area contributed by atoms with Crippen LogP contribution in [-0.4, -0.2) is 89.5 Å². The molecule has 1 aromatic rings. The third-order valence-corrected chi connectivity index (χ3v) is 9.27. The molecule has 0 spiro atoms. The van der Waals surface area contributed by atoms with Gasteiger partial charge in [-0.3, -0.25) is 4.79 Å². The van der Waals surface area contributed by atoms with Gasteiger partial charge in [-0.2, -0.15) is 23.1 Å². The number of nitrogens with zero attached hydrogens (tertiary/aromatic N) is 5. The van der Waals surface area contributed by atoms with Crippen molar-refractivity contribution in [1.82, 2.24) is 25.1 Å². The van der Waals surface area contributed by atoms with Crippen LogP contribution in [0.25, 0.3) is 0 Å². The van der Waals surface area contributed by atoms with Gasteiger partial charge in [-0.25, -0.2) is 4.98 Å². The molecule has 0 aromatic carbocycles. The molecule has 2 saturated heterocycles. The number of aliphatic imine (C=N–C) groups is 1. The van der Waals surface area contributed by atoms with Crippen LogP contribution in [0.4, 0.5) is 24.9 Å². The third-order valence-electron chi connectivity index (χ3n) is 9.27. The van der Waals surface area contributed by atoms with E-state index in [4.69, 9.17) is 10.5 Å². The fourth-order valence-corrected chi connectivity index (χ4v) is 6.50. The van der Waals surface area contributed by atoms with Crippen molar-refractivity contribution >= 4 is 23.5 Å². The van der Waals surface area contributed by atoms with E-state index in [0.29, 0.717) is 51.2 Å². The lowest BCUT2D eigenvalue weighted by Crippen LogP contribution is -2.45. The monoisotopic (exact) mass is 664 g/mol. The van der Waals surface area contributed by atoms with Crippen LogP contribution in [0.15, 0.2) is 23.0 Å². The number of likely N-dealkylation sites (tertiary alicyclic amines) is 1. The highest BCUT2D eigenvalue weighted by atomic mass is 19.4. The zero-order chi connectivity index (χ0) is 34.0. The summed E-state index contributed by atoms with van der Waals surface area (Å²) in [5.41, 5.74) is 5.77. The number of ether oxygens (including phenoxy) is 1. The Kier molecular flexibility index (Phi) is 13.3. The van der Waals surface area contributed by atoms with E-state index in [1.165, 1.54) is 25.7 Å². The fraction of sp³-hybridized carbons (Fsp3) is 0.765. The predicted molar refractivity (Wildman–Crippen MR) is 179 cm³/mol. The average Bonchev–Trinajstić information content (AvgIpc) is 3.85. The molecule has 3 fully saturated rings. The summed E-state index contributed by atoms with van der Waals surface area (Å²) >= 11 is 0. The second-order valence-corrected chi connectivity index (χ2v) is 14.1. The Labute approximate surface area is 278 Å². The highest BCUT2D eigenvalue weighted by Gasteiger charge is 2.36. The highest BCUT2D eigenvalue weighted by molar-refractivity contribution is 5.99. The molecule has 0 radical (unpaired) electrons. The molecular weight excluding hydrogens is 609 g/mol. The van der Waals surface area contributed by atoms with Crippen LogP contribution in [0.1, 0.15) is 97.5 Å². The standard InChI is InChI=1S/C34H55F3N8O2/c1-5-8-26(9-6-2)44-15-13-25(14-16-44)39-20-27(24-11-12-24)30(38)42-32-40-21-28(34(35,36)37)31(43-32)41-22-33(3,4)23-45-17-19-47-18-7-10-29(45)46/h20-21,24-26,39H,5-19,22-23H2,1-4H3,(H3,38,40,41,42,43)/b27-20-. The minimum absolute atomic E-state index is 0.0264. The molecule has 3 aliphatic rings. The highest BCUT2D eigenvalue weighted by Crippen LogP contribution is 2.38. The Hall–Kier alpha value is -2.93. The van der Waals surface area contributed by atoms with Crippen LogP contribution < -0.4 is 16.4 Å². The largest absolute Gasteiger partial charge is 0.421 e. The van der Waals surface area contributed by atoms with E-state index in [9.17, 15) is 18.0 Å². The lowest BCUT2D eigenvalue weighted by molar-refractivity contribution is -0.137. The van der Waals surface area contributed by atoms with Gasteiger partial charge in [0.25, 0.3) is 5.95 Å². The molecule has 1 amide bonds. The maximum Gasteiger partial charge on any atom is 0.421 e. The van der Waals surface area contributed by atoms with Gasteiger partial charge in [-0.1, -0.05) is 40.5 Å². The van der Waals surface area contributed by atoms with Crippen molar-refractivity contribution in [3.63, 3.8) is 0 Å². The lowest BCUT2D eigenvalue weighted by atomic mass is 9.92. The normalized spacial score (nSPS) is 20.0. The second-order valence-electron chi connectivity index (χ2n) is 14.1. The topological polar surface area (TPSA) is 121 Å². The van der Waals surface area contributed by atoms with Crippen LogP contribution >= 0.6 is 0 Å². The van der Waals surface area contributed by atoms with Crippen LogP contribution in [-0.2, 0) is 15.7 Å². The Morgan fingerprint density at radius 2 is 1.83 bits per heavy atom. The number of carbonyl (C=O) groups excluding carboxylic acids is 1. The molecule has 0 atom stereocenters. The first-order chi connectivity index (χ1) is 22.4. The average molecular weight is 665 g/mol. The summed E-state index contributed by atoms with van der Waals surface area (Å²) in [6.07, 6.45) is 8.02. The quantitative estimate of drug-likeness (QED) is 0.157. The summed E-state index contributed by atoms with van der Waals surface area (Å²) in [6.45, 7) is 12.4. The molecule has 3 heterocycles. The first-order valence-corrected chi connectivity index (χ1v) is 17.5. The molecule has 47 heavy (non-hydrogen) atoms. The van der Waals surface area contributed by atoms with Crippen LogP contribution in [0.3, 0.4) is 0 Å². The van der Waals surface area contributed by atoms with Gasteiger partial charge >= 0.3 is 6.18 Å². The molecule has 4 rings (SSSR count). The summed E-state index contributed by atoms with van der Waals surface area (Å²) in [5, 5.41) is 6.45. The van der Waals surface area contributed by atoms with Crippen molar-refractivity contribution in [2.75, 3.05) is 51.3 Å². The molecule has 1 saturated carbocycles. The van der Waals surface area contributed by atoms with Gasteiger partial charge in [0, 0.05) is 75.8 Å². The van der Waals surface area contributed by atoms with Gasteiger partial charge in [-0.15, -0.1) is 0 Å². The maximum absolute atomic E-state index is 14.0. The van der Waals surface area contributed by atoms with Gasteiger partial charge in [0.15, 0.2) is 0 Å². The minimum atomic E-state index is -4.66. The lowest BCUT2D eigenvalue weighted by Gasteiger charge is -2.38. The summed E-state index contributed by atoms with van der Waals surface area (Å²) < 4.78 is 47.4. The Morgan fingerprint density at radius 3 is 2.47 bits per heavy atom. The number of hydrogen-bond donors (Lipinski definition) is 3. The van der Waals surface area contributed by atoms with E-state index in [1.807, 2.05) is 20.0 Å². The summed E-state index contributed by atoms with van der Waals surface area (Å²) in [6, 6.07) is 0.989. The third kappa shape index (κ3) is 11.3. The number of aromatic nitrogens is 2. The molecule has 264 valence electrons. The van der Waals surface area contributed by atoms with Gasteiger partial charge < -0.3 is 30.9 Å². The van der Waals surface area contributed by atoms with Crippen molar-refractivity contribution in [1.29, 1.82) is 0 Å². The molecule has 10 nitrogen and oxygen atoms in total. The molecule has 0 unspecified atom stereocenters. The number of nitrogens with two attached hydrogens (primary N) is 1. The Bertz CT molecular complexity index is 1220. The van der Waals surface area contributed by atoms with Crippen LogP contribution in [0.5, 0.6) is 0 Å². The van der Waals surface area contributed by atoms with Crippen molar-refractivity contribution in [3.8, 4) is 0 Å². The fourth-order valence-electron chi connectivity index (χ4n) is 6.50. The SMILES string of the molecule is CCCC(CCC)N1CCC(N/C=C(\C(N)=N\c2ncc(C(F)(F)F)c(NCC(C)(C)CN3CCOCCCC3=O)n2)C2CC2)CC1. The van der Waals surface area contributed by atoms with Gasteiger partial charge in [0.1, 0.15) is 17.2 Å². The van der Waals surface area contributed by atoms with Crippen molar-refractivity contribution < 1.29 is 22.7 Å². The second kappa shape index (κ2) is 16.9. The first-order valence-electron chi connectivity index (χ1n) is 17.5. The van der Waals surface area contributed by atoms with E-state index >= 15 is 0 Å². The first kappa shape index (κ1) is 36.9. The number of hydrogen-bond acceptors (Lipinski definition) is 8. The number of amidine groups is 1. The van der Waals surface area contributed by atoms with Crippen molar-refractivity contribution in [2.45, 2.75) is 110 Å². The number of carbonyl (C=O) groups is 1. The molecule has 2 aliphatic heterocycles. The maximum atomic E-state index is 14.0. The minimum Gasteiger partial charge on any atom is -0.388 e. The number of piperidine rings is 1.